The standard InChI is InChI=1S/C19H15IN4OS/c1-10-7-11(2)17-13(5-6-24(17)26-20)16(10)18(25)19-22-14-4-3-12(9-21)8-15(14)23-19/h3-8,18,25H,1-2H3,(H,22,23). The van der Waals surface area contributed by atoms with E-state index in [9.17, 15) is 5.11 Å². The third-order valence-electron chi connectivity index (χ3n) is 4.61. The molecule has 1 atom stereocenters. The van der Waals surface area contributed by atoms with Gasteiger partial charge in [-0.2, -0.15) is 5.26 Å². The lowest BCUT2D eigenvalue weighted by atomic mass is 9.96. The largest absolute Gasteiger partial charge is 0.380 e. The molecule has 0 saturated heterocycles. The van der Waals surface area contributed by atoms with E-state index < -0.39 is 6.10 Å². The van der Waals surface area contributed by atoms with Crippen molar-refractivity contribution >= 4 is 52.3 Å². The molecule has 5 nitrogen and oxygen atoms in total. The van der Waals surface area contributed by atoms with Crippen molar-refractivity contribution in [1.82, 2.24) is 13.9 Å². The maximum Gasteiger partial charge on any atom is 0.140 e. The molecule has 0 bridgehead atoms. The number of aliphatic hydroxyl groups is 1. The normalized spacial score (nSPS) is 12.6. The molecule has 0 radical (unpaired) electrons. The molecule has 2 heterocycles. The number of aryl methyl sites for hydroxylation is 2. The van der Waals surface area contributed by atoms with Crippen LogP contribution in [0.15, 0.2) is 36.5 Å². The van der Waals surface area contributed by atoms with Gasteiger partial charge >= 0.3 is 0 Å². The third kappa shape index (κ3) is 2.69. The lowest BCUT2D eigenvalue weighted by Gasteiger charge is -2.15. The van der Waals surface area contributed by atoms with E-state index in [1.54, 1.807) is 21.3 Å². The first-order valence-corrected chi connectivity index (χ1v) is 11.3. The van der Waals surface area contributed by atoms with Crippen LogP contribution in [-0.2, 0) is 0 Å². The van der Waals surface area contributed by atoms with E-state index in [4.69, 9.17) is 5.26 Å². The van der Waals surface area contributed by atoms with E-state index in [1.165, 1.54) is 5.56 Å². The van der Waals surface area contributed by atoms with Crippen LogP contribution in [0.1, 0.15) is 34.2 Å². The number of imidazole rings is 1. The zero-order valence-corrected chi connectivity index (χ0v) is 17.1. The quantitative estimate of drug-likeness (QED) is 0.413. The molecule has 4 aromatic rings. The highest BCUT2D eigenvalue weighted by molar-refractivity contribution is 14.2. The number of benzene rings is 2. The Morgan fingerprint density at radius 1 is 1.27 bits per heavy atom. The maximum atomic E-state index is 11.1. The monoisotopic (exact) mass is 474 g/mol. The molecule has 2 aromatic heterocycles. The number of aromatic nitrogens is 3. The van der Waals surface area contributed by atoms with Gasteiger partial charge in [0.2, 0.25) is 0 Å². The van der Waals surface area contributed by atoms with Crippen molar-refractivity contribution < 1.29 is 5.11 Å². The van der Waals surface area contributed by atoms with Gasteiger partial charge < -0.3 is 10.1 Å². The lowest BCUT2D eigenvalue weighted by Crippen LogP contribution is -2.05. The molecule has 2 N–H and O–H groups in total. The first-order chi connectivity index (χ1) is 12.5. The lowest BCUT2D eigenvalue weighted by molar-refractivity contribution is 0.212. The van der Waals surface area contributed by atoms with E-state index in [2.05, 4.69) is 54.2 Å². The predicted octanol–water partition coefficient (Wildman–Crippen LogP) is 4.93. The number of aromatic amines is 1. The fourth-order valence-electron chi connectivity index (χ4n) is 3.48. The van der Waals surface area contributed by atoms with E-state index in [0.717, 1.165) is 27.5 Å². The summed E-state index contributed by atoms with van der Waals surface area (Å²) in [6.45, 7) is 4.09. The molecule has 1 unspecified atom stereocenters. The van der Waals surface area contributed by atoms with Gasteiger partial charge in [-0.1, -0.05) is 6.07 Å². The molecule has 7 heteroatoms. The summed E-state index contributed by atoms with van der Waals surface area (Å²) in [6, 6.07) is 11.5. The number of hydrogen-bond acceptors (Lipinski definition) is 4. The van der Waals surface area contributed by atoms with Crippen LogP contribution in [0.3, 0.4) is 0 Å². The van der Waals surface area contributed by atoms with Gasteiger partial charge in [0.05, 0.1) is 28.2 Å². The second-order valence-electron chi connectivity index (χ2n) is 6.27. The first-order valence-electron chi connectivity index (χ1n) is 8.01. The molecule has 2 aromatic carbocycles. The zero-order chi connectivity index (χ0) is 18.4. The Kier molecular flexibility index (Phi) is 4.42. The maximum absolute atomic E-state index is 11.1. The van der Waals surface area contributed by atoms with Crippen molar-refractivity contribution in [3.05, 3.63) is 64.6 Å². The number of nitrogens with one attached hydrogen (secondary N) is 1. The molecule has 0 aliphatic heterocycles. The van der Waals surface area contributed by atoms with E-state index in [1.807, 2.05) is 25.3 Å². The van der Waals surface area contributed by atoms with Crippen LogP contribution in [0.2, 0.25) is 0 Å². The van der Waals surface area contributed by atoms with Crippen LogP contribution >= 0.6 is 30.3 Å². The van der Waals surface area contributed by atoms with Crippen LogP contribution in [0, 0.1) is 25.2 Å². The summed E-state index contributed by atoms with van der Waals surface area (Å²) in [5.74, 6) is 0.484. The number of hydrogen-bond donors (Lipinski definition) is 2. The summed E-state index contributed by atoms with van der Waals surface area (Å²) in [7, 11) is 1.60. The van der Waals surface area contributed by atoms with Gasteiger partial charge in [0.15, 0.2) is 0 Å². The molecule has 0 saturated carbocycles. The number of nitriles is 1. The summed E-state index contributed by atoms with van der Waals surface area (Å²) >= 11 is 2.25. The topological polar surface area (TPSA) is 77.6 Å². The average molecular weight is 474 g/mol. The fourth-order valence-corrected chi connectivity index (χ4v) is 4.89. The van der Waals surface area contributed by atoms with Crippen LogP contribution in [0.25, 0.3) is 21.9 Å². The Balaban J connectivity index is 1.90. The molecule has 0 aliphatic carbocycles. The molecule has 0 aliphatic rings. The molecular formula is C19H15IN4OS. The van der Waals surface area contributed by atoms with E-state index >= 15 is 0 Å². The van der Waals surface area contributed by atoms with Gasteiger partial charge in [-0.25, -0.2) is 4.98 Å². The fraction of sp³-hybridized carbons (Fsp3) is 0.158. The Morgan fingerprint density at radius 3 is 2.81 bits per heavy atom. The average Bonchev–Trinajstić information content (AvgIpc) is 3.24. The number of rotatable bonds is 3. The second kappa shape index (κ2) is 6.61. The number of aliphatic hydroxyl groups excluding tert-OH is 1. The number of nitrogens with zero attached hydrogens (tertiary/aromatic N) is 3. The van der Waals surface area contributed by atoms with Gasteiger partial charge in [-0.15, -0.1) is 0 Å². The predicted molar refractivity (Wildman–Crippen MR) is 113 cm³/mol. The molecule has 130 valence electrons. The van der Waals surface area contributed by atoms with Gasteiger partial charge in [0.25, 0.3) is 0 Å². The summed E-state index contributed by atoms with van der Waals surface area (Å²) in [6.07, 6.45) is 1.15. The van der Waals surface area contributed by atoms with Crippen molar-refractivity contribution in [3.8, 4) is 6.07 Å². The van der Waals surface area contributed by atoms with E-state index in [0.29, 0.717) is 16.9 Å². The summed E-state index contributed by atoms with van der Waals surface area (Å²) < 4.78 is 2.10. The van der Waals surface area contributed by atoms with Gasteiger partial charge in [-0.3, -0.25) is 3.97 Å². The Bertz CT molecular complexity index is 1190. The SMILES string of the molecule is Cc1cc(C)c2c(ccn2SI)c1C(O)c1nc2cc(C#N)ccc2[nH]1. The van der Waals surface area contributed by atoms with Crippen molar-refractivity contribution in [1.29, 1.82) is 5.26 Å². The summed E-state index contributed by atoms with van der Waals surface area (Å²) in [5.41, 5.74) is 6.19. The van der Waals surface area contributed by atoms with Crippen LogP contribution < -0.4 is 0 Å². The minimum atomic E-state index is -0.869. The smallest absolute Gasteiger partial charge is 0.140 e. The van der Waals surface area contributed by atoms with Crippen LogP contribution in [0.4, 0.5) is 0 Å². The highest BCUT2D eigenvalue weighted by Crippen LogP contribution is 2.36. The Labute approximate surface area is 166 Å². The first kappa shape index (κ1) is 17.4. The van der Waals surface area contributed by atoms with Crippen molar-refractivity contribution in [2.75, 3.05) is 0 Å². The van der Waals surface area contributed by atoms with Crippen molar-refractivity contribution in [2.45, 2.75) is 20.0 Å². The van der Waals surface area contributed by atoms with Crippen LogP contribution in [0.5, 0.6) is 0 Å². The molecule has 4 rings (SSSR count). The number of halogens is 1. The molecule has 0 spiro atoms. The zero-order valence-electron chi connectivity index (χ0n) is 14.1. The Morgan fingerprint density at radius 2 is 2.08 bits per heavy atom. The van der Waals surface area contributed by atoms with Crippen molar-refractivity contribution in [2.24, 2.45) is 0 Å². The third-order valence-corrected chi connectivity index (χ3v) is 6.34. The molecule has 0 amide bonds. The highest BCUT2D eigenvalue weighted by Gasteiger charge is 2.22. The molecule has 0 fully saturated rings. The Hall–Kier alpha value is -2.02. The number of fused-ring (bicyclic) bond motifs is 2. The van der Waals surface area contributed by atoms with Crippen molar-refractivity contribution in [3.63, 3.8) is 0 Å². The highest BCUT2D eigenvalue weighted by atomic mass is 127. The minimum absolute atomic E-state index is 0.484. The van der Waals surface area contributed by atoms with Gasteiger partial charge in [0, 0.05) is 47.5 Å². The number of H-pyrrole nitrogens is 1. The molecular weight excluding hydrogens is 459 g/mol. The van der Waals surface area contributed by atoms with Gasteiger partial charge in [-0.05, 0) is 49.2 Å². The van der Waals surface area contributed by atoms with Crippen LogP contribution in [-0.4, -0.2) is 19.0 Å². The van der Waals surface area contributed by atoms with Gasteiger partial charge in [0.1, 0.15) is 11.9 Å². The minimum Gasteiger partial charge on any atom is -0.380 e. The summed E-state index contributed by atoms with van der Waals surface area (Å²) in [4.78, 5) is 7.71. The molecule has 26 heavy (non-hydrogen) atoms. The summed E-state index contributed by atoms with van der Waals surface area (Å²) in [5, 5.41) is 21.2. The second-order valence-corrected chi connectivity index (χ2v) is 7.98. The van der Waals surface area contributed by atoms with E-state index in [-0.39, 0.29) is 0 Å².